The number of benzene rings is 2. The average molecular weight is 499 g/mol. The van der Waals surface area contributed by atoms with Crippen LogP contribution in [0.2, 0.25) is 10.0 Å². The van der Waals surface area contributed by atoms with E-state index in [4.69, 9.17) is 37.8 Å². The summed E-state index contributed by atoms with van der Waals surface area (Å²) in [6.07, 6.45) is -0.570. The van der Waals surface area contributed by atoms with Crippen molar-refractivity contribution in [2.24, 2.45) is 0 Å². The van der Waals surface area contributed by atoms with Crippen LogP contribution in [0.5, 0.6) is 17.2 Å². The van der Waals surface area contributed by atoms with Gasteiger partial charge in [0.1, 0.15) is 18.0 Å². The highest BCUT2D eigenvalue weighted by Gasteiger charge is 2.19. The van der Waals surface area contributed by atoms with Crippen LogP contribution in [-0.2, 0) is 16.0 Å². The molecule has 178 valence electrons. The molecule has 0 saturated carbocycles. The summed E-state index contributed by atoms with van der Waals surface area (Å²) in [5.74, 6) is -1.26. The minimum atomic E-state index is -1.18. The van der Waals surface area contributed by atoms with Crippen LogP contribution in [-0.4, -0.2) is 59.3 Å². The Morgan fingerprint density at radius 2 is 1.70 bits per heavy atom. The fraction of sp³-hybridized carbons (Fsp3) is 0.318. The van der Waals surface area contributed by atoms with E-state index in [1.807, 2.05) is 13.8 Å². The van der Waals surface area contributed by atoms with E-state index in [1.54, 1.807) is 17.0 Å². The number of phenols is 1. The number of rotatable bonds is 10. The monoisotopic (exact) mass is 498 g/mol. The third-order valence-corrected chi connectivity index (χ3v) is 5.10. The lowest BCUT2D eigenvalue weighted by atomic mass is 10.1. The Bertz CT molecular complexity index is 1000. The summed E-state index contributed by atoms with van der Waals surface area (Å²) in [5, 5.41) is 21.1. The molecule has 2 aromatic carbocycles. The molecule has 0 bridgehead atoms. The van der Waals surface area contributed by atoms with Crippen molar-refractivity contribution in [3.63, 3.8) is 0 Å². The molecule has 0 radical (unpaired) electrons. The molecule has 0 unspecified atom stereocenters. The Labute approximate surface area is 200 Å². The number of aliphatic carboxylic acids is 1. The van der Waals surface area contributed by atoms with Crippen LogP contribution in [0.25, 0.3) is 0 Å². The van der Waals surface area contributed by atoms with Gasteiger partial charge in [-0.2, -0.15) is 0 Å². The summed E-state index contributed by atoms with van der Waals surface area (Å²) in [6.45, 7) is 4.10. The Balaban J connectivity index is 2.10. The van der Waals surface area contributed by atoms with Gasteiger partial charge < -0.3 is 29.9 Å². The SMILES string of the molecule is CCN(CC)C(=O)c1cc(Oc2c(Cl)cc(CCOC(=O)NCC(=O)O)cc2Cl)ccc1O. The van der Waals surface area contributed by atoms with Crippen molar-refractivity contribution in [1.82, 2.24) is 10.2 Å². The summed E-state index contributed by atoms with van der Waals surface area (Å²) in [7, 11) is 0. The van der Waals surface area contributed by atoms with E-state index in [-0.39, 0.29) is 51.8 Å². The Hall–Kier alpha value is -3.17. The van der Waals surface area contributed by atoms with Gasteiger partial charge in [0.15, 0.2) is 5.75 Å². The Morgan fingerprint density at radius 1 is 1.06 bits per heavy atom. The highest BCUT2D eigenvalue weighted by Crippen LogP contribution is 2.38. The van der Waals surface area contributed by atoms with Gasteiger partial charge in [-0.3, -0.25) is 9.59 Å². The van der Waals surface area contributed by atoms with Gasteiger partial charge in [0.2, 0.25) is 0 Å². The van der Waals surface area contributed by atoms with Crippen molar-refractivity contribution in [2.75, 3.05) is 26.2 Å². The number of carbonyl (C=O) groups is 3. The first-order chi connectivity index (χ1) is 15.7. The molecule has 0 fully saturated rings. The fourth-order valence-corrected chi connectivity index (χ4v) is 3.47. The third-order valence-electron chi connectivity index (χ3n) is 4.53. The number of alkyl carbamates (subject to hydrolysis) is 1. The zero-order chi connectivity index (χ0) is 24.5. The Kier molecular flexibility index (Phi) is 9.62. The normalized spacial score (nSPS) is 10.4. The smallest absolute Gasteiger partial charge is 0.407 e. The molecule has 11 heteroatoms. The van der Waals surface area contributed by atoms with Gasteiger partial charge in [-0.05, 0) is 49.7 Å². The largest absolute Gasteiger partial charge is 0.507 e. The number of aromatic hydroxyl groups is 1. The maximum Gasteiger partial charge on any atom is 0.407 e. The number of carboxylic acids is 1. The number of nitrogens with one attached hydrogen (secondary N) is 1. The van der Waals surface area contributed by atoms with Crippen LogP contribution in [0.3, 0.4) is 0 Å². The second kappa shape index (κ2) is 12.2. The van der Waals surface area contributed by atoms with Crippen LogP contribution >= 0.6 is 23.2 Å². The summed E-state index contributed by atoms with van der Waals surface area (Å²) in [4.78, 5) is 36.0. The number of halogens is 2. The molecule has 0 aliphatic carbocycles. The molecule has 2 aromatic rings. The first kappa shape index (κ1) is 26.1. The number of hydrogen-bond donors (Lipinski definition) is 3. The van der Waals surface area contributed by atoms with Crippen LogP contribution in [0, 0.1) is 0 Å². The molecule has 3 N–H and O–H groups in total. The number of amides is 2. The number of phenolic OH excluding ortho intramolecular Hbond substituents is 1. The lowest BCUT2D eigenvalue weighted by molar-refractivity contribution is -0.135. The molecule has 0 heterocycles. The van der Waals surface area contributed by atoms with Gasteiger partial charge >= 0.3 is 12.1 Å². The van der Waals surface area contributed by atoms with E-state index >= 15 is 0 Å². The first-order valence-electron chi connectivity index (χ1n) is 10.1. The zero-order valence-corrected chi connectivity index (χ0v) is 19.6. The molecular formula is C22H24Cl2N2O7. The van der Waals surface area contributed by atoms with Gasteiger partial charge in [0.25, 0.3) is 5.91 Å². The molecule has 0 aromatic heterocycles. The van der Waals surface area contributed by atoms with Crippen LogP contribution in [0.15, 0.2) is 30.3 Å². The van der Waals surface area contributed by atoms with E-state index < -0.39 is 18.6 Å². The Morgan fingerprint density at radius 3 is 2.27 bits per heavy atom. The molecule has 2 rings (SSSR count). The zero-order valence-electron chi connectivity index (χ0n) is 18.1. The molecule has 0 saturated heterocycles. The summed E-state index contributed by atoms with van der Waals surface area (Å²) >= 11 is 12.6. The van der Waals surface area contributed by atoms with E-state index in [0.29, 0.717) is 18.7 Å². The standard InChI is InChI=1S/C22H24Cl2N2O7/c1-3-26(4-2)21(30)15-11-14(5-6-18(15)27)33-20-16(23)9-13(10-17(20)24)7-8-32-22(31)25-12-19(28)29/h5-6,9-11,27H,3-4,7-8,12H2,1-2H3,(H,25,31)(H,28,29). The van der Waals surface area contributed by atoms with E-state index in [9.17, 15) is 19.5 Å². The number of hydrogen-bond acceptors (Lipinski definition) is 6. The van der Waals surface area contributed by atoms with Crippen LogP contribution in [0.1, 0.15) is 29.8 Å². The van der Waals surface area contributed by atoms with Gasteiger partial charge in [-0.1, -0.05) is 23.2 Å². The lowest BCUT2D eigenvalue weighted by Gasteiger charge is -2.19. The van der Waals surface area contributed by atoms with Crippen LogP contribution < -0.4 is 10.1 Å². The second-order valence-corrected chi connectivity index (χ2v) is 7.59. The van der Waals surface area contributed by atoms with Crippen molar-refractivity contribution >= 4 is 41.2 Å². The van der Waals surface area contributed by atoms with Gasteiger partial charge in [-0.25, -0.2) is 4.79 Å². The molecule has 9 nitrogen and oxygen atoms in total. The minimum Gasteiger partial charge on any atom is -0.507 e. The lowest BCUT2D eigenvalue weighted by Crippen LogP contribution is -2.30. The number of carbonyl (C=O) groups excluding carboxylic acids is 2. The topological polar surface area (TPSA) is 125 Å². The number of nitrogens with zero attached hydrogens (tertiary/aromatic N) is 1. The highest BCUT2D eigenvalue weighted by molar-refractivity contribution is 6.37. The van der Waals surface area contributed by atoms with E-state index in [0.717, 1.165) is 0 Å². The summed E-state index contributed by atoms with van der Waals surface area (Å²) in [5.41, 5.74) is 0.755. The summed E-state index contributed by atoms with van der Waals surface area (Å²) < 4.78 is 10.7. The van der Waals surface area contributed by atoms with Crippen LogP contribution in [0.4, 0.5) is 4.79 Å². The maximum atomic E-state index is 12.6. The van der Waals surface area contributed by atoms with Crippen molar-refractivity contribution in [2.45, 2.75) is 20.3 Å². The van der Waals surface area contributed by atoms with E-state index in [1.165, 1.54) is 18.2 Å². The minimum absolute atomic E-state index is 0.0207. The van der Waals surface area contributed by atoms with Crippen molar-refractivity contribution < 1.29 is 34.1 Å². The van der Waals surface area contributed by atoms with E-state index in [2.05, 4.69) is 5.32 Å². The predicted molar refractivity (Wildman–Crippen MR) is 123 cm³/mol. The van der Waals surface area contributed by atoms with Crippen molar-refractivity contribution in [1.29, 1.82) is 0 Å². The summed E-state index contributed by atoms with van der Waals surface area (Å²) in [6, 6.07) is 7.43. The number of ether oxygens (including phenoxy) is 2. The van der Waals surface area contributed by atoms with Crippen molar-refractivity contribution in [3.8, 4) is 17.2 Å². The second-order valence-electron chi connectivity index (χ2n) is 6.78. The first-order valence-corrected chi connectivity index (χ1v) is 10.8. The molecule has 2 amide bonds. The average Bonchev–Trinajstić information content (AvgIpc) is 2.76. The van der Waals surface area contributed by atoms with Gasteiger partial charge in [0, 0.05) is 19.5 Å². The number of carboxylic acid groups (broad SMARTS) is 1. The third kappa shape index (κ3) is 7.44. The quantitative estimate of drug-likeness (QED) is 0.445. The molecule has 0 aliphatic rings. The molecule has 0 spiro atoms. The maximum absolute atomic E-state index is 12.6. The molecule has 33 heavy (non-hydrogen) atoms. The molecule has 0 aliphatic heterocycles. The fourth-order valence-electron chi connectivity index (χ4n) is 2.86. The van der Waals surface area contributed by atoms with Crippen molar-refractivity contribution in [3.05, 3.63) is 51.5 Å². The highest BCUT2D eigenvalue weighted by atomic mass is 35.5. The van der Waals surface area contributed by atoms with Gasteiger partial charge in [-0.15, -0.1) is 0 Å². The predicted octanol–water partition coefficient (Wildman–Crippen LogP) is 4.33. The van der Waals surface area contributed by atoms with Gasteiger partial charge in [0.05, 0.1) is 22.2 Å². The molecule has 0 atom stereocenters. The molecular weight excluding hydrogens is 475 g/mol.